The molecule has 0 atom stereocenters. The molecule has 0 aromatic heterocycles. The zero-order chi connectivity index (χ0) is 13.7. The van der Waals surface area contributed by atoms with Crippen LogP contribution in [-0.4, -0.2) is 34.7 Å². The summed E-state index contributed by atoms with van der Waals surface area (Å²) in [4.78, 5) is 56.4. The maximum Gasteiger partial charge on any atom is 0.330 e. The Morgan fingerprint density at radius 3 is 1.72 bits per heavy atom. The first kappa shape index (κ1) is 13.8. The molecule has 0 spiro atoms. The molecule has 0 saturated carbocycles. The van der Waals surface area contributed by atoms with Crippen molar-refractivity contribution in [2.45, 2.75) is 32.6 Å². The molecule has 0 aromatic rings. The fourth-order valence-electron chi connectivity index (χ4n) is 1.29. The Kier molecular flexibility index (Phi) is 4.52. The predicted octanol–water partition coefficient (Wildman–Crippen LogP) is -0.963. The molecule has 98 valence electrons. The van der Waals surface area contributed by atoms with Crippen LogP contribution in [0.5, 0.6) is 0 Å². The van der Waals surface area contributed by atoms with Gasteiger partial charge in [0.1, 0.15) is 0 Å². The molecule has 8 nitrogen and oxygen atoms in total. The first-order valence-corrected chi connectivity index (χ1v) is 5.27. The van der Waals surface area contributed by atoms with Crippen LogP contribution in [0.15, 0.2) is 0 Å². The number of hydroxylamine groups is 2. The maximum absolute atomic E-state index is 10.7. The Morgan fingerprint density at radius 2 is 1.44 bits per heavy atom. The summed E-state index contributed by atoms with van der Waals surface area (Å²) in [5.41, 5.74) is 0. The maximum atomic E-state index is 10.7. The molecule has 0 unspecified atom stereocenters. The van der Waals surface area contributed by atoms with Crippen molar-refractivity contribution >= 4 is 29.6 Å². The molecule has 8 heteroatoms. The number of amides is 4. The van der Waals surface area contributed by atoms with Gasteiger partial charge in [-0.15, -0.1) is 5.06 Å². The van der Waals surface area contributed by atoms with Crippen LogP contribution in [0.2, 0.25) is 0 Å². The summed E-state index contributed by atoms with van der Waals surface area (Å²) in [5, 5.41) is 2.66. The first-order valence-electron chi connectivity index (χ1n) is 5.27. The lowest BCUT2D eigenvalue weighted by molar-refractivity contribution is -0.195. The van der Waals surface area contributed by atoms with Gasteiger partial charge in [0.15, 0.2) is 0 Å². The number of hydrogen-bond donors (Lipinski definition) is 1. The van der Waals surface area contributed by atoms with Gasteiger partial charge in [0.05, 0.1) is 0 Å². The second-order valence-electron chi connectivity index (χ2n) is 3.64. The summed E-state index contributed by atoms with van der Waals surface area (Å²) < 4.78 is 0. The van der Waals surface area contributed by atoms with Crippen molar-refractivity contribution in [3.05, 3.63) is 0 Å². The van der Waals surface area contributed by atoms with E-state index in [0.717, 1.165) is 6.92 Å². The van der Waals surface area contributed by atoms with Crippen LogP contribution in [0.25, 0.3) is 0 Å². The minimum atomic E-state index is -0.659. The van der Waals surface area contributed by atoms with Crippen molar-refractivity contribution in [3.63, 3.8) is 0 Å². The van der Waals surface area contributed by atoms with E-state index in [2.05, 4.69) is 10.2 Å². The lowest BCUT2D eigenvalue weighted by Gasteiger charge is -2.09. The lowest BCUT2D eigenvalue weighted by atomic mass is 10.4. The van der Waals surface area contributed by atoms with E-state index in [4.69, 9.17) is 0 Å². The van der Waals surface area contributed by atoms with Crippen molar-refractivity contribution < 1.29 is 28.8 Å². The molecule has 0 radical (unpaired) electrons. The van der Waals surface area contributed by atoms with Gasteiger partial charge in [-0.25, -0.2) is 4.79 Å². The lowest BCUT2D eigenvalue weighted by Crippen LogP contribution is -2.30. The van der Waals surface area contributed by atoms with Crippen LogP contribution in [-0.2, 0) is 28.8 Å². The molecule has 2 fully saturated rings. The Morgan fingerprint density at radius 1 is 1.00 bits per heavy atom. The number of carbonyl (C=O) groups excluding carboxylic acids is 5. The van der Waals surface area contributed by atoms with E-state index in [9.17, 15) is 24.0 Å². The van der Waals surface area contributed by atoms with E-state index in [1.54, 1.807) is 0 Å². The molecule has 2 saturated heterocycles. The highest BCUT2D eigenvalue weighted by Crippen LogP contribution is 2.11. The Labute approximate surface area is 102 Å². The topological polar surface area (TPSA) is 110 Å². The first-order chi connectivity index (χ1) is 8.40. The van der Waals surface area contributed by atoms with Crippen LogP contribution >= 0.6 is 0 Å². The number of hydrogen-bond acceptors (Lipinski definition) is 6. The van der Waals surface area contributed by atoms with Gasteiger partial charge < -0.3 is 4.84 Å². The van der Waals surface area contributed by atoms with Gasteiger partial charge in [0, 0.05) is 32.6 Å². The van der Waals surface area contributed by atoms with Gasteiger partial charge >= 0.3 is 5.97 Å². The highest BCUT2D eigenvalue weighted by molar-refractivity contribution is 6.02. The molecule has 0 bridgehead atoms. The molecule has 2 aliphatic rings. The number of carbonyl (C=O) groups is 5. The fourth-order valence-corrected chi connectivity index (χ4v) is 1.29. The molecule has 18 heavy (non-hydrogen) atoms. The van der Waals surface area contributed by atoms with Crippen molar-refractivity contribution in [1.82, 2.24) is 10.4 Å². The van der Waals surface area contributed by atoms with Gasteiger partial charge in [-0.05, 0) is 0 Å². The average Bonchev–Trinajstić information content (AvgIpc) is 2.79. The molecule has 0 aromatic carbocycles. The van der Waals surface area contributed by atoms with Crippen molar-refractivity contribution in [2.24, 2.45) is 0 Å². The van der Waals surface area contributed by atoms with Crippen molar-refractivity contribution in [2.75, 3.05) is 0 Å². The monoisotopic (exact) mass is 256 g/mol. The third kappa shape index (κ3) is 3.96. The Bertz CT molecular complexity index is 387. The van der Waals surface area contributed by atoms with Gasteiger partial charge in [-0.2, -0.15) is 0 Å². The highest BCUT2D eigenvalue weighted by Gasteiger charge is 2.31. The second kappa shape index (κ2) is 5.89. The summed E-state index contributed by atoms with van der Waals surface area (Å²) in [6, 6.07) is 0. The number of nitrogens with one attached hydrogen (secondary N) is 1. The highest BCUT2D eigenvalue weighted by atomic mass is 16.7. The van der Waals surface area contributed by atoms with E-state index in [0.29, 0.717) is 17.9 Å². The normalized spacial score (nSPS) is 18.4. The quantitative estimate of drug-likeness (QED) is 0.605. The van der Waals surface area contributed by atoms with Gasteiger partial charge in [-0.1, -0.05) is 0 Å². The molecule has 1 N–H and O–H groups in total. The van der Waals surface area contributed by atoms with E-state index in [1.807, 2.05) is 0 Å². The summed E-state index contributed by atoms with van der Waals surface area (Å²) in [5.74, 6) is -1.86. The van der Waals surface area contributed by atoms with Crippen LogP contribution in [0.3, 0.4) is 0 Å². The number of rotatable bonds is 1. The average molecular weight is 256 g/mol. The molecule has 2 aliphatic heterocycles. The Balaban J connectivity index is 0.000000199. The molecule has 2 rings (SSSR count). The molecule has 0 aliphatic carbocycles. The third-order valence-electron chi connectivity index (χ3n) is 2.08. The van der Waals surface area contributed by atoms with Gasteiger partial charge in [0.2, 0.25) is 11.8 Å². The van der Waals surface area contributed by atoms with Crippen LogP contribution in [0.4, 0.5) is 0 Å². The SMILES string of the molecule is CC(=O)ON1C(=O)CCC1=O.O=C1CCC(=O)N1. The largest absolute Gasteiger partial charge is 0.331 e. The summed E-state index contributed by atoms with van der Waals surface area (Å²) >= 11 is 0. The molecule has 4 amide bonds. The number of imide groups is 2. The summed E-state index contributed by atoms with van der Waals surface area (Å²) in [6.07, 6.45) is 1.01. The van der Waals surface area contributed by atoms with Crippen LogP contribution in [0, 0.1) is 0 Å². The summed E-state index contributed by atoms with van der Waals surface area (Å²) in [6.45, 7) is 1.14. The minimum Gasteiger partial charge on any atom is -0.331 e. The standard InChI is InChI=1S/C6H7NO4.C4H5NO2/c1-4(8)11-7-5(9)2-3-6(7)10;6-3-1-2-4(7)5-3/h2-3H2,1H3;1-2H2,(H,5,6,7). The van der Waals surface area contributed by atoms with Crippen LogP contribution < -0.4 is 5.32 Å². The third-order valence-corrected chi connectivity index (χ3v) is 2.08. The summed E-state index contributed by atoms with van der Waals surface area (Å²) in [7, 11) is 0. The predicted molar refractivity (Wildman–Crippen MR) is 55.2 cm³/mol. The van der Waals surface area contributed by atoms with Crippen molar-refractivity contribution in [3.8, 4) is 0 Å². The van der Waals surface area contributed by atoms with E-state index < -0.39 is 17.8 Å². The van der Waals surface area contributed by atoms with Gasteiger partial charge in [-0.3, -0.25) is 24.5 Å². The van der Waals surface area contributed by atoms with E-state index >= 15 is 0 Å². The van der Waals surface area contributed by atoms with Crippen molar-refractivity contribution in [1.29, 1.82) is 0 Å². The molecule has 2 heterocycles. The van der Waals surface area contributed by atoms with Gasteiger partial charge in [0.25, 0.3) is 11.8 Å². The molecular weight excluding hydrogens is 244 g/mol. The minimum absolute atomic E-state index is 0.131. The zero-order valence-electron chi connectivity index (χ0n) is 9.73. The number of nitrogens with zero attached hydrogens (tertiary/aromatic N) is 1. The van der Waals surface area contributed by atoms with E-state index in [-0.39, 0.29) is 24.7 Å². The second-order valence-corrected chi connectivity index (χ2v) is 3.64. The smallest absolute Gasteiger partial charge is 0.330 e. The van der Waals surface area contributed by atoms with E-state index in [1.165, 1.54) is 0 Å². The Hall–Kier alpha value is -2.25. The van der Waals surface area contributed by atoms with Crippen LogP contribution in [0.1, 0.15) is 32.6 Å². The zero-order valence-corrected chi connectivity index (χ0v) is 9.73. The molecular formula is C10H12N2O6. The fraction of sp³-hybridized carbons (Fsp3) is 0.500.